The molecule has 0 saturated carbocycles. The van der Waals surface area contributed by atoms with Gasteiger partial charge in [0.1, 0.15) is 18.0 Å². The normalized spacial score (nSPS) is 14.1. The van der Waals surface area contributed by atoms with Gasteiger partial charge in [-0.2, -0.15) is 5.10 Å². The van der Waals surface area contributed by atoms with Crippen LogP contribution >= 0.6 is 0 Å². The molecule has 4 rings (SSSR count). The van der Waals surface area contributed by atoms with Crippen molar-refractivity contribution < 1.29 is 0 Å². The summed E-state index contributed by atoms with van der Waals surface area (Å²) in [5.74, 6) is 1.85. The summed E-state index contributed by atoms with van der Waals surface area (Å²) < 4.78 is 1.88. The van der Waals surface area contributed by atoms with Gasteiger partial charge in [-0.05, 0) is 30.5 Å². The second kappa shape index (κ2) is 6.70. The number of benzene rings is 1. The average Bonchev–Trinajstić information content (AvgIpc) is 3.34. The van der Waals surface area contributed by atoms with E-state index in [0.29, 0.717) is 6.54 Å². The Morgan fingerprint density at radius 1 is 1.04 bits per heavy atom. The summed E-state index contributed by atoms with van der Waals surface area (Å²) in [6.07, 6.45) is 7.86. The maximum atomic E-state index is 4.40. The van der Waals surface area contributed by atoms with Gasteiger partial charge in [-0.25, -0.2) is 14.6 Å². The summed E-state index contributed by atoms with van der Waals surface area (Å²) in [4.78, 5) is 11.1. The van der Waals surface area contributed by atoms with Gasteiger partial charge in [0.25, 0.3) is 0 Å². The van der Waals surface area contributed by atoms with Crippen molar-refractivity contribution >= 4 is 11.6 Å². The molecule has 0 aliphatic carbocycles. The molecule has 1 fully saturated rings. The van der Waals surface area contributed by atoms with E-state index >= 15 is 0 Å². The highest BCUT2D eigenvalue weighted by Gasteiger charge is 2.14. The van der Waals surface area contributed by atoms with Crippen LogP contribution < -0.4 is 10.2 Å². The van der Waals surface area contributed by atoms with E-state index in [1.807, 2.05) is 35.1 Å². The lowest BCUT2D eigenvalue weighted by Crippen LogP contribution is -2.19. The largest absolute Gasteiger partial charge is 0.366 e. The van der Waals surface area contributed by atoms with Crippen molar-refractivity contribution in [1.82, 2.24) is 19.7 Å². The Bertz CT molecular complexity index is 793. The molecule has 0 spiro atoms. The molecule has 6 nitrogen and oxygen atoms in total. The predicted octanol–water partition coefficient (Wildman–Crippen LogP) is 2.87. The van der Waals surface area contributed by atoms with Gasteiger partial charge in [-0.3, -0.25) is 0 Å². The molecular formula is C18H20N6. The van der Waals surface area contributed by atoms with Gasteiger partial charge in [0, 0.05) is 38.1 Å². The fourth-order valence-corrected chi connectivity index (χ4v) is 3.04. The van der Waals surface area contributed by atoms with Gasteiger partial charge in [0.15, 0.2) is 0 Å². The smallest absolute Gasteiger partial charge is 0.134 e. The van der Waals surface area contributed by atoms with Crippen LogP contribution in [-0.4, -0.2) is 32.8 Å². The second-order valence-electron chi connectivity index (χ2n) is 5.89. The van der Waals surface area contributed by atoms with Crippen molar-refractivity contribution in [1.29, 1.82) is 0 Å². The third-order valence-electron chi connectivity index (χ3n) is 4.29. The van der Waals surface area contributed by atoms with Crippen LogP contribution in [-0.2, 0) is 6.54 Å². The minimum absolute atomic E-state index is 0.687. The van der Waals surface area contributed by atoms with Gasteiger partial charge in [0.05, 0.1) is 5.69 Å². The molecule has 0 atom stereocenters. The van der Waals surface area contributed by atoms with Crippen LogP contribution in [0.4, 0.5) is 11.6 Å². The van der Waals surface area contributed by atoms with Crippen molar-refractivity contribution in [2.24, 2.45) is 0 Å². The van der Waals surface area contributed by atoms with Crippen molar-refractivity contribution in [3.05, 3.63) is 60.7 Å². The van der Waals surface area contributed by atoms with E-state index in [4.69, 9.17) is 0 Å². The van der Waals surface area contributed by atoms with Crippen molar-refractivity contribution in [2.45, 2.75) is 19.4 Å². The molecule has 0 radical (unpaired) electrons. The molecule has 122 valence electrons. The standard InChI is InChI=1S/C18H20N6/c1-2-7-16(24-11-5-8-22-24)15(6-1)13-19-17-12-18(21-14-20-17)23-9-3-4-10-23/h1-2,5-8,11-12,14H,3-4,9-10,13H2,(H,19,20,21). The lowest BCUT2D eigenvalue weighted by molar-refractivity contribution is 0.863. The Morgan fingerprint density at radius 2 is 1.92 bits per heavy atom. The van der Waals surface area contributed by atoms with Crippen molar-refractivity contribution in [3.63, 3.8) is 0 Å². The highest BCUT2D eigenvalue weighted by molar-refractivity contribution is 5.50. The van der Waals surface area contributed by atoms with Crippen LogP contribution in [0, 0.1) is 0 Å². The molecule has 3 heterocycles. The summed E-state index contributed by atoms with van der Waals surface area (Å²) in [6.45, 7) is 2.85. The molecule has 2 aromatic heterocycles. The third-order valence-corrected chi connectivity index (χ3v) is 4.29. The molecule has 3 aromatic rings. The number of rotatable bonds is 5. The first kappa shape index (κ1) is 14.7. The maximum Gasteiger partial charge on any atom is 0.134 e. The molecular weight excluding hydrogens is 300 g/mol. The Labute approximate surface area is 141 Å². The first-order valence-corrected chi connectivity index (χ1v) is 8.29. The van der Waals surface area contributed by atoms with Crippen molar-refractivity contribution in [3.8, 4) is 5.69 Å². The predicted molar refractivity (Wildman–Crippen MR) is 94.4 cm³/mol. The Morgan fingerprint density at radius 3 is 2.75 bits per heavy atom. The van der Waals surface area contributed by atoms with Gasteiger partial charge in [-0.1, -0.05) is 18.2 Å². The van der Waals surface area contributed by atoms with E-state index in [1.54, 1.807) is 12.5 Å². The number of anilines is 2. The number of hydrogen-bond donors (Lipinski definition) is 1. The van der Waals surface area contributed by atoms with Crippen LogP contribution in [0.3, 0.4) is 0 Å². The lowest BCUT2D eigenvalue weighted by atomic mass is 10.2. The SMILES string of the molecule is c1ccc(-n2cccn2)c(CNc2cc(N3CCCC3)ncn2)c1. The van der Waals surface area contributed by atoms with E-state index in [1.165, 1.54) is 18.4 Å². The minimum Gasteiger partial charge on any atom is -0.366 e. The van der Waals surface area contributed by atoms with Crippen LogP contribution in [0.1, 0.15) is 18.4 Å². The quantitative estimate of drug-likeness (QED) is 0.783. The minimum atomic E-state index is 0.687. The molecule has 24 heavy (non-hydrogen) atoms. The molecule has 0 unspecified atom stereocenters. The maximum absolute atomic E-state index is 4.40. The zero-order valence-electron chi connectivity index (χ0n) is 13.5. The van der Waals surface area contributed by atoms with Gasteiger partial charge in [-0.15, -0.1) is 0 Å². The van der Waals surface area contributed by atoms with Gasteiger partial charge in [0.2, 0.25) is 0 Å². The van der Waals surface area contributed by atoms with Crippen LogP contribution in [0.25, 0.3) is 5.69 Å². The summed E-state index contributed by atoms with van der Waals surface area (Å²) in [5.41, 5.74) is 2.24. The Hall–Kier alpha value is -2.89. The number of nitrogens with one attached hydrogen (secondary N) is 1. The first-order chi connectivity index (χ1) is 11.9. The van der Waals surface area contributed by atoms with E-state index in [-0.39, 0.29) is 0 Å². The third kappa shape index (κ3) is 3.08. The number of aromatic nitrogens is 4. The van der Waals surface area contributed by atoms with Crippen molar-refractivity contribution in [2.75, 3.05) is 23.3 Å². The zero-order valence-corrected chi connectivity index (χ0v) is 13.5. The summed E-state index contributed by atoms with van der Waals surface area (Å²) in [5, 5.41) is 7.73. The summed E-state index contributed by atoms with van der Waals surface area (Å²) in [7, 11) is 0. The number of hydrogen-bond acceptors (Lipinski definition) is 5. The molecule has 6 heteroatoms. The Balaban J connectivity index is 1.51. The average molecular weight is 320 g/mol. The second-order valence-corrected chi connectivity index (χ2v) is 5.89. The number of para-hydroxylation sites is 1. The molecule has 1 N–H and O–H groups in total. The molecule has 0 amide bonds. The van der Waals surface area contributed by atoms with Crippen LogP contribution in [0.5, 0.6) is 0 Å². The summed E-state index contributed by atoms with van der Waals surface area (Å²) >= 11 is 0. The topological polar surface area (TPSA) is 58.9 Å². The lowest BCUT2D eigenvalue weighted by Gasteiger charge is -2.17. The zero-order chi connectivity index (χ0) is 16.2. The highest BCUT2D eigenvalue weighted by Crippen LogP contribution is 2.20. The highest BCUT2D eigenvalue weighted by atomic mass is 15.3. The molecule has 1 aliphatic rings. The molecule has 1 aromatic carbocycles. The summed E-state index contributed by atoms with van der Waals surface area (Å²) in [6, 6.07) is 12.2. The number of nitrogens with zero attached hydrogens (tertiary/aromatic N) is 5. The van der Waals surface area contributed by atoms with Crippen LogP contribution in [0.15, 0.2) is 55.1 Å². The van der Waals surface area contributed by atoms with E-state index in [2.05, 4.69) is 37.4 Å². The van der Waals surface area contributed by atoms with E-state index < -0.39 is 0 Å². The molecule has 0 bridgehead atoms. The van der Waals surface area contributed by atoms with E-state index in [9.17, 15) is 0 Å². The monoisotopic (exact) mass is 320 g/mol. The molecule has 1 aliphatic heterocycles. The first-order valence-electron chi connectivity index (χ1n) is 8.29. The van der Waals surface area contributed by atoms with Gasteiger partial charge < -0.3 is 10.2 Å². The Kier molecular flexibility index (Phi) is 4.10. The van der Waals surface area contributed by atoms with E-state index in [0.717, 1.165) is 30.4 Å². The molecule has 1 saturated heterocycles. The van der Waals surface area contributed by atoms with Gasteiger partial charge >= 0.3 is 0 Å². The fourth-order valence-electron chi connectivity index (χ4n) is 3.04. The van der Waals surface area contributed by atoms with Crippen LogP contribution in [0.2, 0.25) is 0 Å². The fraction of sp³-hybridized carbons (Fsp3) is 0.278.